The number of carbonyl (C=O) groups excluding carboxylic acids is 2. The van der Waals surface area contributed by atoms with E-state index >= 15 is 0 Å². The molecule has 0 saturated carbocycles. The summed E-state index contributed by atoms with van der Waals surface area (Å²) in [6.45, 7) is 2.72. The Morgan fingerprint density at radius 2 is 1.69 bits per heavy atom. The fourth-order valence-corrected chi connectivity index (χ4v) is 6.24. The van der Waals surface area contributed by atoms with Crippen LogP contribution < -0.4 is 19.7 Å². The molecule has 1 aliphatic heterocycles. The Labute approximate surface area is 269 Å². The van der Waals surface area contributed by atoms with Crippen molar-refractivity contribution in [2.24, 2.45) is 0 Å². The van der Waals surface area contributed by atoms with Gasteiger partial charge in [0.15, 0.2) is 15.8 Å². The van der Waals surface area contributed by atoms with Crippen LogP contribution in [0, 0.1) is 5.82 Å². The monoisotopic (exact) mass is 634 g/mol. The number of nitrogens with zero attached hydrogens (tertiary/aromatic N) is 1. The summed E-state index contributed by atoms with van der Waals surface area (Å²) < 4.78 is 25.7. The van der Waals surface area contributed by atoms with E-state index in [9.17, 15) is 14.0 Å². The average molecular weight is 635 g/mol. The lowest BCUT2D eigenvalue weighted by atomic mass is 10.1. The molecule has 0 radical (unpaired) electrons. The molecule has 45 heavy (non-hydrogen) atoms. The summed E-state index contributed by atoms with van der Waals surface area (Å²) in [6.07, 6.45) is 1.77. The van der Waals surface area contributed by atoms with Gasteiger partial charge in [-0.3, -0.25) is 14.5 Å². The summed E-state index contributed by atoms with van der Waals surface area (Å²) in [6, 6.07) is 32.0. The van der Waals surface area contributed by atoms with Crippen molar-refractivity contribution in [3.8, 4) is 11.5 Å². The van der Waals surface area contributed by atoms with Crippen LogP contribution in [0.5, 0.6) is 11.5 Å². The van der Waals surface area contributed by atoms with Gasteiger partial charge in [-0.15, -0.1) is 0 Å². The van der Waals surface area contributed by atoms with E-state index in [4.69, 9.17) is 21.7 Å². The number of thiocarbonyl (C=S) groups is 1. The van der Waals surface area contributed by atoms with Crippen LogP contribution >= 0.6 is 24.0 Å². The van der Waals surface area contributed by atoms with E-state index in [1.165, 1.54) is 40.9 Å². The summed E-state index contributed by atoms with van der Waals surface area (Å²) in [5, 5.41) is 5.02. The number of rotatable bonds is 9. The summed E-state index contributed by atoms with van der Waals surface area (Å²) in [4.78, 5) is 28.2. The highest BCUT2D eigenvalue weighted by molar-refractivity contribution is 8.27. The molecule has 6 nitrogen and oxygen atoms in total. The minimum Gasteiger partial charge on any atom is -0.490 e. The highest BCUT2D eigenvalue weighted by atomic mass is 32.2. The highest BCUT2D eigenvalue weighted by Gasteiger charge is 2.33. The van der Waals surface area contributed by atoms with Gasteiger partial charge in [0.1, 0.15) is 12.4 Å². The van der Waals surface area contributed by atoms with Gasteiger partial charge in [-0.05, 0) is 89.5 Å². The largest absolute Gasteiger partial charge is 0.490 e. The highest BCUT2D eigenvalue weighted by Crippen LogP contribution is 2.38. The molecule has 5 aromatic rings. The molecule has 1 N–H and O–H groups in total. The molecule has 1 fully saturated rings. The predicted octanol–water partition coefficient (Wildman–Crippen LogP) is 8.61. The summed E-state index contributed by atoms with van der Waals surface area (Å²) in [7, 11) is 0. The van der Waals surface area contributed by atoms with E-state index in [-0.39, 0.29) is 5.91 Å². The number of thioether (sulfide) groups is 1. The maximum absolute atomic E-state index is 13.5. The smallest absolute Gasteiger partial charge is 0.270 e. The van der Waals surface area contributed by atoms with Crippen molar-refractivity contribution >= 4 is 68.3 Å². The number of halogens is 1. The zero-order valence-electron chi connectivity index (χ0n) is 24.2. The molecule has 0 aromatic heterocycles. The van der Waals surface area contributed by atoms with E-state index < -0.39 is 11.7 Å². The maximum Gasteiger partial charge on any atom is 0.270 e. The number of ether oxygens (including phenoxy) is 2. The third-order valence-electron chi connectivity index (χ3n) is 7.09. The number of benzene rings is 5. The van der Waals surface area contributed by atoms with Crippen LogP contribution in [0.4, 0.5) is 15.8 Å². The van der Waals surface area contributed by atoms with Gasteiger partial charge in [-0.25, -0.2) is 4.39 Å². The predicted molar refractivity (Wildman–Crippen MR) is 182 cm³/mol. The van der Waals surface area contributed by atoms with Crippen molar-refractivity contribution in [2.45, 2.75) is 13.5 Å². The second-order valence-electron chi connectivity index (χ2n) is 10.1. The topological polar surface area (TPSA) is 67.9 Å². The summed E-state index contributed by atoms with van der Waals surface area (Å²) in [5.74, 6) is 0.0886. The quantitative estimate of drug-likeness (QED) is 0.129. The van der Waals surface area contributed by atoms with Crippen molar-refractivity contribution in [3.63, 3.8) is 0 Å². The van der Waals surface area contributed by atoms with Gasteiger partial charge < -0.3 is 14.8 Å². The number of hydrogen-bond donors (Lipinski definition) is 1. The van der Waals surface area contributed by atoms with Crippen LogP contribution in [-0.4, -0.2) is 22.7 Å². The number of carbonyl (C=O) groups is 2. The van der Waals surface area contributed by atoms with Crippen LogP contribution in [-0.2, 0) is 11.4 Å². The van der Waals surface area contributed by atoms with Crippen molar-refractivity contribution in [3.05, 3.63) is 137 Å². The Morgan fingerprint density at radius 3 is 2.51 bits per heavy atom. The number of hydrogen-bond acceptors (Lipinski definition) is 6. The molecule has 0 aliphatic carbocycles. The van der Waals surface area contributed by atoms with Gasteiger partial charge in [0.05, 0.1) is 17.2 Å². The van der Waals surface area contributed by atoms with E-state index in [0.29, 0.717) is 50.9 Å². The molecule has 0 bridgehead atoms. The first-order chi connectivity index (χ1) is 21.9. The first-order valence-electron chi connectivity index (χ1n) is 14.2. The van der Waals surface area contributed by atoms with Crippen LogP contribution in [0.3, 0.4) is 0 Å². The van der Waals surface area contributed by atoms with Crippen molar-refractivity contribution < 1.29 is 23.5 Å². The van der Waals surface area contributed by atoms with Gasteiger partial charge in [-0.2, -0.15) is 0 Å². The first kappa shape index (κ1) is 30.1. The Bertz CT molecular complexity index is 1950. The van der Waals surface area contributed by atoms with E-state index in [1.54, 1.807) is 30.3 Å². The van der Waals surface area contributed by atoms with E-state index in [2.05, 4.69) is 23.5 Å². The molecule has 0 atom stereocenters. The molecule has 1 saturated heterocycles. The fourth-order valence-electron chi connectivity index (χ4n) is 4.94. The van der Waals surface area contributed by atoms with Crippen LogP contribution in [0.2, 0.25) is 0 Å². The van der Waals surface area contributed by atoms with Crippen LogP contribution in [0.1, 0.15) is 28.4 Å². The SMILES string of the molecule is CCOc1cc(/C=C2/SC(=S)N(c3cccc(C(=O)Nc4ccc(F)cc4)c3)C2=O)ccc1OCc1cccc2ccccc12. The Kier molecular flexibility index (Phi) is 8.91. The van der Waals surface area contributed by atoms with Crippen LogP contribution in [0.15, 0.2) is 114 Å². The van der Waals surface area contributed by atoms with Crippen molar-refractivity contribution in [1.82, 2.24) is 0 Å². The molecule has 9 heteroatoms. The second kappa shape index (κ2) is 13.3. The Morgan fingerprint density at radius 1 is 0.911 bits per heavy atom. The lowest BCUT2D eigenvalue weighted by Crippen LogP contribution is -2.27. The Balaban J connectivity index is 1.19. The molecule has 0 unspecified atom stereocenters. The van der Waals surface area contributed by atoms with Gasteiger partial charge in [-0.1, -0.05) is 78.6 Å². The third kappa shape index (κ3) is 6.74. The fraction of sp³-hybridized carbons (Fsp3) is 0.0833. The molecule has 224 valence electrons. The van der Waals surface area contributed by atoms with Gasteiger partial charge in [0.2, 0.25) is 0 Å². The molecular formula is C36H27FN2O4S2. The molecule has 0 spiro atoms. The number of nitrogens with one attached hydrogen (secondary N) is 1. The zero-order valence-corrected chi connectivity index (χ0v) is 25.8. The van der Waals surface area contributed by atoms with Crippen molar-refractivity contribution in [2.75, 3.05) is 16.8 Å². The average Bonchev–Trinajstić information content (AvgIpc) is 3.33. The van der Waals surface area contributed by atoms with Gasteiger partial charge in [0.25, 0.3) is 11.8 Å². The molecule has 6 rings (SSSR count). The second-order valence-corrected chi connectivity index (χ2v) is 11.8. The van der Waals surface area contributed by atoms with Crippen LogP contribution in [0.25, 0.3) is 16.8 Å². The molecule has 1 aliphatic rings. The summed E-state index contributed by atoms with van der Waals surface area (Å²) >= 11 is 6.75. The van der Waals surface area contributed by atoms with E-state index in [0.717, 1.165) is 21.9 Å². The number of fused-ring (bicyclic) bond motifs is 1. The standard InChI is InChI=1S/C36H27FN2O4S2/c1-2-42-32-19-23(13-18-31(32)43-22-26-10-5-8-24-7-3-4-12-30(24)26)20-33-35(41)39(36(44)45-33)29-11-6-9-25(21-29)34(40)38-28-16-14-27(37)15-17-28/h3-21H,2,22H2,1H3,(H,38,40)/b33-20+. The lowest BCUT2D eigenvalue weighted by Gasteiger charge is -2.16. The number of anilines is 2. The molecule has 2 amide bonds. The van der Waals surface area contributed by atoms with E-state index in [1.807, 2.05) is 49.4 Å². The molecular weight excluding hydrogens is 608 g/mol. The molecule has 1 heterocycles. The minimum absolute atomic E-state index is 0.296. The maximum atomic E-state index is 13.5. The van der Waals surface area contributed by atoms with Gasteiger partial charge in [0, 0.05) is 11.3 Å². The zero-order chi connectivity index (χ0) is 31.3. The Hall–Kier alpha value is -4.99. The normalized spacial score (nSPS) is 13.8. The first-order valence-corrected chi connectivity index (χ1v) is 15.4. The van der Waals surface area contributed by atoms with Gasteiger partial charge >= 0.3 is 0 Å². The minimum atomic E-state index is -0.396. The van der Waals surface area contributed by atoms with Crippen molar-refractivity contribution in [1.29, 1.82) is 0 Å². The summed E-state index contributed by atoms with van der Waals surface area (Å²) in [5.41, 5.74) is 3.08. The third-order valence-corrected chi connectivity index (χ3v) is 8.39. The lowest BCUT2D eigenvalue weighted by molar-refractivity contribution is -0.113. The number of amides is 2. The molecule has 5 aromatic carbocycles.